The SMILES string of the molecule is C=C(C)C(=O)CCCCOc1ccc([N+](=O)[O-])c(C2OCCO2)c1.C=C(C)C(=O)Oc1ccc([N+](=O)[O-])c(C2OCCO2)c1. The van der Waals surface area contributed by atoms with Crippen LogP contribution in [0.5, 0.6) is 11.5 Å². The molecule has 236 valence electrons. The Morgan fingerprint density at radius 3 is 1.73 bits per heavy atom. The molecule has 0 saturated carbocycles. The molecule has 0 aliphatic carbocycles. The van der Waals surface area contributed by atoms with E-state index in [-0.39, 0.29) is 34.0 Å². The Kier molecular flexibility index (Phi) is 12.7. The van der Waals surface area contributed by atoms with Gasteiger partial charge in [-0.25, -0.2) is 4.79 Å². The molecule has 0 aromatic heterocycles. The highest BCUT2D eigenvalue weighted by molar-refractivity contribution is 5.94. The first-order valence-corrected chi connectivity index (χ1v) is 13.7. The van der Waals surface area contributed by atoms with Crippen LogP contribution < -0.4 is 9.47 Å². The van der Waals surface area contributed by atoms with Gasteiger partial charge in [0.2, 0.25) is 0 Å². The van der Waals surface area contributed by atoms with Crippen LogP contribution in [0, 0.1) is 20.2 Å². The predicted molar refractivity (Wildman–Crippen MR) is 155 cm³/mol. The van der Waals surface area contributed by atoms with Crippen LogP contribution in [0.1, 0.15) is 56.8 Å². The van der Waals surface area contributed by atoms with Crippen molar-refractivity contribution in [3.63, 3.8) is 0 Å². The quantitative estimate of drug-likeness (QED) is 0.0697. The number of nitro groups is 2. The van der Waals surface area contributed by atoms with Crippen LogP contribution in [0.15, 0.2) is 60.7 Å². The fourth-order valence-electron chi connectivity index (χ4n) is 3.99. The summed E-state index contributed by atoms with van der Waals surface area (Å²) in [4.78, 5) is 44.0. The average Bonchev–Trinajstić information content (AvgIpc) is 3.72. The molecule has 2 saturated heterocycles. The van der Waals surface area contributed by atoms with Crippen molar-refractivity contribution in [3.05, 3.63) is 92.1 Å². The molecule has 44 heavy (non-hydrogen) atoms. The summed E-state index contributed by atoms with van der Waals surface area (Å²) in [7, 11) is 0. The number of benzene rings is 2. The van der Waals surface area contributed by atoms with E-state index in [9.17, 15) is 29.8 Å². The molecule has 0 spiro atoms. The Labute approximate surface area is 253 Å². The fourth-order valence-corrected chi connectivity index (χ4v) is 3.99. The lowest BCUT2D eigenvalue weighted by Crippen LogP contribution is -2.09. The normalized spacial score (nSPS) is 14.8. The number of carbonyl (C=O) groups is 2. The lowest BCUT2D eigenvalue weighted by Gasteiger charge is -2.12. The Morgan fingerprint density at radius 2 is 1.27 bits per heavy atom. The molecular weight excluding hydrogens is 580 g/mol. The van der Waals surface area contributed by atoms with Crippen LogP contribution in [-0.2, 0) is 28.5 Å². The highest BCUT2D eigenvalue weighted by atomic mass is 16.7. The van der Waals surface area contributed by atoms with Crippen molar-refractivity contribution >= 4 is 23.1 Å². The minimum absolute atomic E-state index is 0.0543. The first-order chi connectivity index (χ1) is 21.0. The van der Waals surface area contributed by atoms with E-state index < -0.39 is 28.4 Å². The van der Waals surface area contributed by atoms with E-state index in [1.165, 1.54) is 31.2 Å². The zero-order valence-electron chi connectivity index (χ0n) is 24.5. The smallest absolute Gasteiger partial charge is 0.338 e. The number of rotatable bonds is 13. The van der Waals surface area contributed by atoms with Crippen LogP contribution in [0.2, 0.25) is 0 Å². The molecule has 14 nitrogen and oxygen atoms in total. The second-order valence-corrected chi connectivity index (χ2v) is 9.78. The van der Waals surface area contributed by atoms with Gasteiger partial charge < -0.3 is 28.4 Å². The van der Waals surface area contributed by atoms with Gasteiger partial charge in [-0.2, -0.15) is 0 Å². The average molecular weight is 615 g/mol. The molecule has 2 aromatic carbocycles. The molecule has 2 aliphatic rings. The van der Waals surface area contributed by atoms with Crippen LogP contribution in [0.4, 0.5) is 11.4 Å². The van der Waals surface area contributed by atoms with E-state index in [2.05, 4.69) is 13.2 Å². The van der Waals surface area contributed by atoms with Gasteiger partial charge in [0.05, 0.1) is 54.0 Å². The Morgan fingerprint density at radius 1 is 0.795 bits per heavy atom. The van der Waals surface area contributed by atoms with Crippen LogP contribution in [0.25, 0.3) is 0 Å². The standard InChI is InChI=1S/C17H21NO6.C13H13NO6/c1-12(2)16(19)5-3-4-8-22-13-6-7-15(18(20)21)14(11-13)17-23-9-10-24-17;1-8(2)12(15)20-9-3-4-11(14(16)17)10(7-9)13-18-5-6-19-13/h6-7,11,17H,1,3-5,8-10H2,2H3;3-4,7,13H,1,5-6H2,2H3. The third-order valence-corrected chi connectivity index (χ3v) is 6.24. The third-order valence-electron chi connectivity index (χ3n) is 6.24. The van der Waals surface area contributed by atoms with Crippen molar-refractivity contribution in [2.24, 2.45) is 0 Å². The fraction of sp³-hybridized carbons (Fsp3) is 0.400. The number of hydrogen-bond donors (Lipinski definition) is 0. The molecular formula is C30H34N2O12. The zero-order valence-corrected chi connectivity index (χ0v) is 24.5. The van der Waals surface area contributed by atoms with Gasteiger partial charge in [-0.05, 0) is 56.5 Å². The van der Waals surface area contributed by atoms with Crippen molar-refractivity contribution in [2.45, 2.75) is 45.7 Å². The Balaban J connectivity index is 0.000000244. The van der Waals surface area contributed by atoms with Crippen LogP contribution in [0.3, 0.4) is 0 Å². The summed E-state index contributed by atoms with van der Waals surface area (Å²) < 4.78 is 31.9. The molecule has 0 bridgehead atoms. The Hall–Kier alpha value is -4.50. The van der Waals surface area contributed by atoms with Crippen molar-refractivity contribution in [1.29, 1.82) is 0 Å². The van der Waals surface area contributed by atoms with Gasteiger partial charge in [0.1, 0.15) is 11.5 Å². The number of esters is 1. The largest absolute Gasteiger partial charge is 0.494 e. The van der Waals surface area contributed by atoms with Gasteiger partial charge >= 0.3 is 5.97 Å². The monoisotopic (exact) mass is 614 g/mol. The van der Waals surface area contributed by atoms with Crippen LogP contribution >= 0.6 is 0 Å². The maximum absolute atomic E-state index is 11.4. The van der Waals surface area contributed by atoms with Gasteiger partial charge in [0.25, 0.3) is 11.4 Å². The van der Waals surface area contributed by atoms with E-state index in [1.807, 2.05) is 0 Å². The zero-order chi connectivity index (χ0) is 32.2. The Bertz CT molecular complexity index is 1390. The number of carbonyl (C=O) groups excluding carboxylic acids is 2. The van der Waals surface area contributed by atoms with Crippen LogP contribution in [-0.4, -0.2) is 54.6 Å². The van der Waals surface area contributed by atoms with Gasteiger partial charge in [0, 0.05) is 24.1 Å². The van der Waals surface area contributed by atoms with Gasteiger partial charge in [-0.3, -0.25) is 25.0 Å². The molecule has 0 amide bonds. The van der Waals surface area contributed by atoms with E-state index in [4.69, 9.17) is 28.4 Å². The molecule has 0 radical (unpaired) electrons. The molecule has 0 unspecified atom stereocenters. The second-order valence-electron chi connectivity index (χ2n) is 9.78. The molecule has 14 heteroatoms. The summed E-state index contributed by atoms with van der Waals surface area (Å²) in [6.45, 7) is 12.2. The number of nitro benzene ring substituents is 2. The van der Waals surface area contributed by atoms with Crippen molar-refractivity contribution in [2.75, 3.05) is 33.0 Å². The van der Waals surface area contributed by atoms with E-state index in [1.54, 1.807) is 19.1 Å². The van der Waals surface area contributed by atoms with E-state index in [0.29, 0.717) is 69.2 Å². The molecule has 2 aromatic rings. The number of Topliss-reactive ketones (excluding diaryl/α,β-unsaturated/α-hetero) is 1. The summed E-state index contributed by atoms with van der Waals surface area (Å²) in [5.74, 6) is 0.153. The number of nitrogens with zero attached hydrogens (tertiary/aromatic N) is 2. The maximum Gasteiger partial charge on any atom is 0.338 e. The molecule has 0 N–H and O–H groups in total. The van der Waals surface area contributed by atoms with Gasteiger partial charge in [0.15, 0.2) is 18.4 Å². The molecule has 2 aliphatic heterocycles. The molecule has 0 atom stereocenters. The topological polar surface area (TPSA) is 176 Å². The number of ether oxygens (including phenoxy) is 6. The minimum Gasteiger partial charge on any atom is -0.494 e. The van der Waals surface area contributed by atoms with Gasteiger partial charge in [-0.15, -0.1) is 0 Å². The van der Waals surface area contributed by atoms with Crippen molar-refractivity contribution in [1.82, 2.24) is 0 Å². The summed E-state index contributed by atoms with van der Waals surface area (Å²) in [6.07, 6.45) is 0.317. The van der Waals surface area contributed by atoms with Gasteiger partial charge in [-0.1, -0.05) is 13.2 Å². The summed E-state index contributed by atoms with van der Waals surface area (Å²) in [6, 6.07) is 8.48. The number of allylic oxidation sites excluding steroid dienone is 1. The molecule has 2 heterocycles. The van der Waals surface area contributed by atoms with Crippen molar-refractivity contribution in [3.8, 4) is 11.5 Å². The summed E-state index contributed by atoms with van der Waals surface area (Å²) in [5, 5.41) is 22.1. The van der Waals surface area contributed by atoms with Crippen molar-refractivity contribution < 1.29 is 47.9 Å². The number of unbranched alkanes of at least 4 members (excludes halogenated alkanes) is 1. The molecule has 4 rings (SSSR count). The second kappa shape index (κ2) is 16.4. The highest BCUT2D eigenvalue weighted by Gasteiger charge is 2.29. The summed E-state index contributed by atoms with van der Waals surface area (Å²) in [5.41, 5.74) is 1.17. The predicted octanol–water partition coefficient (Wildman–Crippen LogP) is 5.46. The minimum atomic E-state index is -0.820. The lowest BCUT2D eigenvalue weighted by atomic mass is 10.1. The maximum atomic E-state index is 11.4. The van der Waals surface area contributed by atoms with E-state index >= 15 is 0 Å². The molecule has 2 fully saturated rings. The third kappa shape index (κ3) is 9.77. The number of ketones is 1. The first kappa shape index (κ1) is 34.0. The highest BCUT2D eigenvalue weighted by Crippen LogP contribution is 2.35. The van der Waals surface area contributed by atoms with E-state index in [0.717, 1.165) is 0 Å². The first-order valence-electron chi connectivity index (χ1n) is 13.7. The number of hydrogen-bond acceptors (Lipinski definition) is 12. The lowest BCUT2D eigenvalue weighted by molar-refractivity contribution is -0.386. The summed E-state index contributed by atoms with van der Waals surface area (Å²) >= 11 is 0.